The molecule has 0 aromatic heterocycles. The molecule has 10 heteroatoms. The van der Waals surface area contributed by atoms with E-state index in [0.29, 0.717) is 18.8 Å². The minimum absolute atomic E-state index is 0.0455. The first-order valence-corrected chi connectivity index (χ1v) is 12.2. The molecule has 2 bridgehead atoms. The van der Waals surface area contributed by atoms with E-state index in [1.807, 2.05) is 0 Å². The van der Waals surface area contributed by atoms with Gasteiger partial charge >= 0.3 is 0 Å². The second kappa shape index (κ2) is 6.12. The van der Waals surface area contributed by atoms with Gasteiger partial charge in [0.2, 0.25) is 10.0 Å². The third kappa shape index (κ3) is 3.02. The number of hydrogen-bond donors (Lipinski definition) is 0. The molecule has 0 amide bonds. The van der Waals surface area contributed by atoms with Crippen molar-refractivity contribution in [1.29, 1.82) is 0 Å². The highest BCUT2D eigenvalue weighted by molar-refractivity contribution is 7.89. The maximum atomic E-state index is 12.7. The Hall–Kier alpha value is -0.260. The van der Waals surface area contributed by atoms with Gasteiger partial charge < -0.3 is 9.47 Å². The number of sulfonamides is 1. The number of fused-ring (bicyclic) bond motifs is 3. The first-order valence-electron chi connectivity index (χ1n) is 8.81. The average molecular weight is 412 g/mol. The standard InChI is InChI=1S/C16H29NO7S2/c1-14(2)12-6-7-15(14,11-26(20,21)17(3)4)16(8-12)22-9-13(24-16)10-23-25(5,18)19/h12-13H,6-11H2,1-5H3/t12-,13+,15+,16+/m0/s1. The van der Waals surface area contributed by atoms with Crippen LogP contribution in [-0.4, -0.2) is 72.3 Å². The molecular formula is C16H29NO7S2. The number of nitrogens with zero attached hydrogens (tertiary/aromatic N) is 1. The van der Waals surface area contributed by atoms with E-state index in [-0.39, 0.29) is 24.4 Å². The Balaban J connectivity index is 1.90. The van der Waals surface area contributed by atoms with Crippen molar-refractivity contribution in [2.24, 2.45) is 16.7 Å². The van der Waals surface area contributed by atoms with Crippen molar-refractivity contribution in [3.63, 3.8) is 0 Å². The molecule has 26 heavy (non-hydrogen) atoms. The molecule has 4 atom stereocenters. The second-order valence-electron chi connectivity index (χ2n) is 8.57. The molecular weight excluding hydrogens is 382 g/mol. The van der Waals surface area contributed by atoms with E-state index in [0.717, 1.165) is 12.7 Å². The number of ether oxygens (including phenoxy) is 2. The Morgan fingerprint density at radius 1 is 1.19 bits per heavy atom. The second-order valence-corrected chi connectivity index (χ2v) is 12.4. The van der Waals surface area contributed by atoms with Crippen molar-refractivity contribution in [1.82, 2.24) is 4.31 Å². The van der Waals surface area contributed by atoms with Crippen LogP contribution in [-0.2, 0) is 33.8 Å². The van der Waals surface area contributed by atoms with Gasteiger partial charge in [0.15, 0.2) is 5.79 Å². The van der Waals surface area contributed by atoms with Gasteiger partial charge in [0.05, 0.1) is 25.2 Å². The average Bonchev–Trinajstić information content (AvgIpc) is 3.04. The van der Waals surface area contributed by atoms with Crippen molar-refractivity contribution in [3.05, 3.63) is 0 Å². The van der Waals surface area contributed by atoms with Gasteiger partial charge in [0.1, 0.15) is 6.10 Å². The minimum Gasteiger partial charge on any atom is -0.346 e. The molecule has 2 aliphatic carbocycles. The summed E-state index contributed by atoms with van der Waals surface area (Å²) in [5.74, 6) is -0.751. The zero-order valence-electron chi connectivity index (χ0n) is 16.0. The van der Waals surface area contributed by atoms with Crippen LogP contribution in [0.1, 0.15) is 33.1 Å². The Kier molecular flexibility index (Phi) is 4.82. The Bertz CT molecular complexity index is 776. The lowest BCUT2D eigenvalue weighted by atomic mass is 9.68. The van der Waals surface area contributed by atoms with Gasteiger partial charge in [-0.05, 0) is 24.2 Å². The molecule has 0 radical (unpaired) electrons. The van der Waals surface area contributed by atoms with Crippen LogP contribution in [0.25, 0.3) is 0 Å². The normalized spacial score (nSPS) is 39.3. The lowest BCUT2D eigenvalue weighted by molar-refractivity contribution is -0.244. The van der Waals surface area contributed by atoms with Crippen molar-refractivity contribution < 1.29 is 30.5 Å². The van der Waals surface area contributed by atoms with Crippen molar-refractivity contribution in [2.75, 3.05) is 39.3 Å². The van der Waals surface area contributed by atoms with Crippen LogP contribution in [0.2, 0.25) is 0 Å². The third-order valence-electron chi connectivity index (χ3n) is 6.73. The molecule has 0 unspecified atom stereocenters. The molecule has 0 aromatic carbocycles. The zero-order valence-corrected chi connectivity index (χ0v) is 17.7. The summed E-state index contributed by atoms with van der Waals surface area (Å²) in [6.07, 6.45) is 2.73. The van der Waals surface area contributed by atoms with Crippen molar-refractivity contribution >= 4 is 20.1 Å². The summed E-state index contributed by atoms with van der Waals surface area (Å²) in [6.45, 7) is 4.26. The topological polar surface area (TPSA) is 99.2 Å². The lowest BCUT2D eigenvalue weighted by Crippen LogP contribution is -2.55. The van der Waals surface area contributed by atoms with E-state index < -0.39 is 37.4 Å². The lowest BCUT2D eigenvalue weighted by Gasteiger charge is -2.47. The Morgan fingerprint density at radius 3 is 2.38 bits per heavy atom. The summed E-state index contributed by atoms with van der Waals surface area (Å²) in [5.41, 5.74) is -0.934. The van der Waals surface area contributed by atoms with Crippen LogP contribution in [0.3, 0.4) is 0 Å². The summed E-state index contributed by atoms with van der Waals surface area (Å²) < 4.78 is 66.4. The summed E-state index contributed by atoms with van der Waals surface area (Å²) in [6, 6.07) is 0. The number of hydrogen-bond acceptors (Lipinski definition) is 7. The van der Waals surface area contributed by atoms with E-state index in [9.17, 15) is 16.8 Å². The summed E-state index contributed by atoms with van der Waals surface area (Å²) in [5, 5.41) is 0. The molecule has 0 N–H and O–H groups in total. The van der Waals surface area contributed by atoms with Crippen LogP contribution in [0.4, 0.5) is 0 Å². The van der Waals surface area contributed by atoms with Crippen LogP contribution < -0.4 is 0 Å². The molecule has 3 fully saturated rings. The molecule has 8 nitrogen and oxygen atoms in total. The van der Waals surface area contributed by atoms with Gasteiger partial charge in [0, 0.05) is 25.9 Å². The Labute approximate surface area is 156 Å². The van der Waals surface area contributed by atoms with Crippen LogP contribution >= 0.6 is 0 Å². The predicted octanol–water partition coefficient (Wildman–Crippen LogP) is 0.792. The molecule has 2 saturated carbocycles. The zero-order chi connectivity index (χ0) is 19.6. The van der Waals surface area contributed by atoms with Crippen molar-refractivity contribution in [3.8, 4) is 0 Å². The van der Waals surface area contributed by atoms with E-state index >= 15 is 0 Å². The van der Waals surface area contributed by atoms with Gasteiger partial charge in [-0.15, -0.1) is 0 Å². The molecule has 3 aliphatic rings. The third-order valence-corrected chi connectivity index (χ3v) is 9.26. The van der Waals surface area contributed by atoms with E-state index in [1.165, 1.54) is 18.4 Å². The minimum atomic E-state index is -3.57. The van der Waals surface area contributed by atoms with Gasteiger partial charge in [-0.2, -0.15) is 8.42 Å². The van der Waals surface area contributed by atoms with Gasteiger partial charge in [-0.1, -0.05) is 13.8 Å². The van der Waals surface area contributed by atoms with Gasteiger partial charge in [-0.25, -0.2) is 12.7 Å². The highest BCUT2D eigenvalue weighted by atomic mass is 32.2. The van der Waals surface area contributed by atoms with E-state index in [4.69, 9.17) is 13.7 Å². The van der Waals surface area contributed by atoms with E-state index in [2.05, 4.69) is 13.8 Å². The number of rotatable bonds is 6. The largest absolute Gasteiger partial charge is 0.346 e. The molecule has 152 valence electrons. The predicted molar refractivity (Wildman–Crippen MR) is 95.4 cm³/mol. The highest BCUT2D eigenvalue weighted by Crippen LogP contribution is 2.72. The van der Waals surface area contributed by atoms with Crippen LogP contribution in [0.5, 0.6) is 0 Å². The molecule has 1 heterocycles. The fraction of sp³-hybridized carbons (Fsp3) is 1.00. The van der Waals surface area contributed by atoms with Crippen LogP contribution in [0, 0.1) is 16.7 Å². The quantitative estimate of drug-likeness (QED) is 0.596. The highest BCUT2D eigenvalue weighted by Gasteiger charge is 2.75. The van der Waals surface area contributed by atoms with E-state index in [1.54, 1.807) is 0 Å². The molecule has 1 spiro atoms. The first kappa shape index (κ1) is 20.5. The molecule has 1 saturated heterocycles. The molecule has 0 aromatic rings. The monoisotopic (exact) mass is 411 g/mol. The first-order chi connectivity index (χ1) is 11.7. The van der Waals surface area contributed by atoms with Crippen LogP contribution in [0.15, 0.2) is 0 Å². The van der Waals surface area contributed by atoms with Crippen molar-refractivity contribution in [2.45, 2.75) is 45.0 Å². The summed E-state index contributed by atoms with van der Waals surface area (Å²) >= 11 is 0. The van der Waals surface area contributed by atoms with Gasteiger partial charge in [-0.3, -0.25) is 4.18 Å². The maximum absolute atomic E-state index is 12.7. The molecule has 3 rings (SSSR count). The van der Waals surface area contributed by atoms with Gasteiger partial charge in [0.25, 0.3) is 10.1 Å². The molecule has 1 aliphatic heterocycles. The SMILES string of the molecule is CN(C)S(=O)(=O)C[C@@]12CC[C@@H](C[C@]13OC[C@H](COS(C)(=O)=O)O3)C2(C)C. The Morgan fingerprint density at radius 2 is 1.85 bits per heavy atom. The smallest absolute Gasteiger partial charge is 0.264 e. The fourth-order valence-corrected chi connectivity index (χ4v) is 7.08. The summed E-state index contributed by atoms with van der Waals surface area (Å²) in [7, 11) is -3.97. The summed E-state index contributed by atoms with van der Waals surface area (Å²) in [4.78, 5) is 0. The maximum Gasteiger partial charge on any atom is 0.264 e. The fourth-order valence-electron chi connectivity index (χ4n) is 5.07.